The van der Waals surface area contributed by atoms with Gasteiger partial charge in [0.1, 0.15) is 11.4 Å². The first-order valence-electron chi connectivity index (χ1n) is 4.56. The minimum atomic E-state index is -1.11. The molecule has 3 N–H and O–H groups in total. The number of imidazole rings is 1. The molecule has 0 saturated heterocycles. The molecule has 0 amide bonds. The Labute approximate surface area is 81.5 Å². The second kappa shape index (κ2) is 2.81. The monoisotopic (exact) mass is 195 g/mol. The van der Waals surface area contributed by atoms with Crippen molar-refractivity contribution in [1.82, 2.24) is 9.55 Å². The first-order chi connectivity index (χ1) is 6.53. The maximum atomic E-state index is 10.9. The molecule has 0 saturated carbocycles. The first kappa shape index (κ1) is 9.21. The molecule has 0 aromatic carbocycles. The van der Waals surface area contributed by atoms with Gasteiger partial charge in [0.25, 0.3) is 0 Å². The fraction of sp³-hybridized carbons (Fsp3) is 0.556. The van der Waals surface area contributed by atoms with Gasteiger partial charge in [-0.15, -0.1) is 0 Å². The molecular weight excluding hydrogens is 182 g/mol. The Morgan fingerprint density at radius 1 is 1.79 bits per heavy atom. The number of fused-ring (bicyclic) bond motifs is 1. The molecule has 14 heavy (non-hydrogen) atoms. The highest BCUT2D eigenvalue weighted by molar-refractivity contribution is 5.79. The lowest BCUT2D eigenvalue weighted by Gasteiger charge is -2.30. The molecule has 1 unspecified atom stereocenters. The predicted molar refractivity (Wildman–Crippen MR) is 49.8 cm³/mol. The normalized spacial score (nSPS) is 25.9. The maximum Gasteiger partial charge on any atom is 0.324 e. The van der Waals surface area contributed by atoms with Crippen molar-refractivity contribution in [3.8, 4) is 0 Å². The van der Waals surface area contributed by atoms with E-state index in [1.54, 1.807) is 6.20 Å². The molecule has 2 heterocycles. The summed E-state index contributed by atoms with van der Waals surface area (Å²) >= 11 is 0. The van der Waals surface area contributed by atoms with Crippen molar-refractivity contribution in [2.24, 2.45) is 5.73 Å². The Morgan fingerprint density at radius 3 is 3.14 bits per heavy atom. The van der Waals surface area contributed by atoms with Crippen molar-refractivity contribution in [3.05, 3.63) is 17.7 Å². The zero-order chi connectivity index (χ0) is 10.3. The summed E-state index contributed by atoms with van der Waals surface area (Å²) in [6, 6.07) is 0. The average Bonchev–Trinajstić information content (AvgIpc) is 2.47. The Hall–Kier alpha value is -1.36. The van der Waals surface area contributed by atoms with Crippen LogP contribution in [0.25, 0.3) is 0 Å². The van der Waals surface area contributed by atoms with E-state index in [1.165, 1.54) is 0 Å². The van der Waals surface area contributed by atoms with Gasteiger partial charge in [0, 0.05) is 24.9 Å². The van der Waals surface area contributed by atoms with Crippen LogP contribution in [0.15, 0.2) is 6.20 Å². The molecule has 0 bridgehead atoms. The van der Waals surface area contributed by atoms with Gasteiger partial charge >= 0.3 is 5.97 Å². The molecular formula is C9H13N3O2. The van der Waals surface area contributed by atoms with Crippen LogP contribution in [-0.4, -0.2) is 26.2 Å². The van der Waals surface area contributed by atoms with Gasteiger partial charge in [-0.2, -0.15) is 0 Å². The highest BCUT2D eigenvalue weighted by Crippen LogP contribution is 2.23. The highest BCUT2D eigenvalue weighted by atomic mass is 16.4. The average molecular weight is 195 g/mol. The number of nitrogens with zero attached hydrogens (tertiary/aromatic N) is 2. The lowest BCUT2D eigenvalue weighted by atomic mass is 9.88. The third-order valence-corrected chi connectivity index (χ3v) is 2.84. The summed E-state index contributed by atoms with van der Waals surface area (Å²) in [7, 11) is 0. The molecule has 1 aromatic rings. The van der Waals surface area contributed by atoms with Crippen LogP contribution in [0.5, 0.6) is 0 Å². The fourth-order valence-electron chi connectivity index (χ4n) is 1.87. The number of aliphatic carboxylic acids is 1. The van der Waals surface area contributed by atoms with Crippen LogP contribution in [0.3, 0.4) is 0 Å². The molecule has 0 aliphatic carbocycles. The van der Waals surface area contributed by atoms with Gasteiger partial charge in [-0.1, -0.05) is 0 Å². The summed E-state index contributed by atoms with van der Waals surface area (Å²) in [5, 5.41) is 8.98. The number of carboxylic acids is 1. The molecule has 5 nitrogen and oxygen atoms in total. The number of hydrogen-bond donors (Lipinski definition) is 2. The smallest absolute Gasteiger partial charge is 0.324 e. The second-order valence-electron chi connectivity index (χ2n) is 3.84. The zero-order valence-electron chi connectivity index (χ0n) is 8.03. The third kappa shape index (κ3) is 1.21. The molecule has 0 radical (unpaired) electrons. The summed E-state index contributed by atoms with van der Waals surface area (Å²) in [5.74, 6) is -0.00459. The number of aromatic nitrogens is 2. The number of hydrogen-bond acceptors (Lipinski definition) is 3. The van der Waals surface area contributed by atoms with E-state index in [0.29, 0.717) is 19.4 Å². The largest absolute Gasteiger partial charge is 0.480 e. The van der Waals surface area contributed by atoms with E-state index < -0.39 is 11.5 Å². The molecule has 1 atom stereocenters. The number of rotatable bonds is 1. The van der Waals surface area contributed by atoms with Crippen molar-refractivity contribution >= 4 is 5.97 Å². The van der Waals surface area contributed by atoms with Crippen LogP contribution in [-0.2, 0) is 17.8 Å². The van der Waals surface area contributed by atoms with Crippen molar-refractivity contribution in [2.45, 2.75) is 31.8 Å². The number of aryl methyl sites for hydroxylation is 1. The van der Waals surface area contributed by atoms with E-state index in [9.17, 15) is 4.79 Å². The summed E-state index contributed by atoms with van der Waals surface area (Å²) in [6.07, 6.45) is 2.54. The molecule has 2 rings (SSSR count). The SMILES string of the molecule is Cc1ncc2n1CCC(N)(C(=O)O)C2. The topological polar surface area (TPSA) is 81.1 Å². The summed E-state index contributed by atoms with van der Waals surface area (Å²) in [6.45, 7) is 2.55. The Balaban J connectivity index is 2.34. The summed E-state index contributed by atoms with van der Waals surface area (Å²) in [4.78, 5) is 15.1. The number of carboxylic acid groups (broad SMARTS) is 1. The predicted octanol–water partition coefficient (Wildman–Crippen LogP) is -0.0802. The Bertz CT molecular complexity index is 385. The lowest BCUT2D eigenvalue weighted by Crippen LogP contribution is -2.53. The highest BCUT2D eigenvalue weighted by Gasteiger charge is 2.38. The van der Waals surface area contributed by atoms with Crippen molar-refractivity contribution in [1.29, 1.82) is 0 Å². The zero-order valence-corrected chi connectivity index (χ0v) is 8.03. The Morgan fingerprint density at radius 2 is 2.50 bits per heavy atom. The van der Waals surface area contributed by atoms with Gasteiger partial charge in [0.15, 0.2) is 0 Å². The van der Waals surface area contributed by atoms with E-state index in [-0.39, 0.29) is 0 Å². The van der Waals surface area contributed by atoms with E-state index in [1.807, 2.05) is 11.5 Å². The molecule has 0 spiro atoms. The van der Waals surface area contributed by atoms with Gasteiger partial charge in [-0.05, 0) is 13.3 Å². The van der Waals surface area contributed by atoms with Gasteiger partial charge in [0.2, 0.25) is 0 Å². The molecule has 76 valence electrons. The molecule has 1 aliphatic heterocycles. The Kier molecular flexibility index (Phi) is 1.85. The maximum absolute atomic E-state index is 10.9. The van der Waals surface area contributed by atoms with Crippen molar-refractivity contribution in [2.75, 3.05) is 0 Å². The molecule has 5 heteroatoms. The van der Waals surface area contributed by atoms with E-state index >= 15 is 0 Å². The van der Waals surface area contributed by atoms with E-state index in [2.05, 4.69) is 4.98 Å². The summed E-state index contributed by atoms with van der Waals surface area (Å²) < 4.78 is 2.02. The quantitative estimate of drug-likeness (QED) is 0.656. The third-order valence-electron chi connectivity index (χ3n) is 2.84. The van der Waals surface area contributed by atoms with Gasteiger partial charge < -0.3 is 15.4 Å². The number of carbonyl (C=O) groups is 1. The van der Waals surface area contributed by atoms with Crippen molar-refractivity contribution < 1.29 is 9.90 Å². The van der Waals surface area contributed by atoms with E-state index in [4.69, 9.17) is 10.8 Å². The number of nitrogens with two attached hydrogens (primary N) is 1. The standard InChI is InChI=1S/C9H13N3O2/c1-6-11-5-7-4-9(10,8(13)14)2-3-12(6)7/h5H,2-4,10H2,1H3,(H,13,14). The van der Waals surface area contributed by atoms with E-state index in [0.717, 1.165) is 11.5 Å². The van der Waals surface area contributed by atoms with Crippen molar-refractivity contribution in [3.63, 3.8) is 0 Å². The lowest BCUT2D eigenvalue weighted by molar-refractivity contribution is -0.144. The van der Waals surface area contributed by atoms with Crippen LogP contribution in [0.4, 0.5) is 0 Å². The van der Waals surface area contributed by atoms with Crippen LogP contribution < -0.4 is 5.73 Å². The second-order valence-corrected chi connectivity index (χ2v) is 3.84. The summed E-state index contributed by atoms with van der Waals surface area (Å²) in [5.41, 5.74) is 5.59. The van der Waals surface area contributed by atoms with Gasteiger partial charge in [-0.25, -0.2) is 4.98 Å². The first-order valence-corrected chi connectivity index (χ1v) is 4.56. The van der Waals surface area contributed by atoms with Crippen LogP contribution in [0.1, 0.15) is 17.9 Å². The molecule has 0 fully saturated rings. The minimum absolute atomic E-state index is 0.364. The van der Waals surface area contributed by atoms with Crippen LogP contribution in [0, 0.1) is 6.92 Å². The van der Waals surface area contributed by atoms with Crippen LogP contribution >= 0.6 is 0 Å². The minimum Gasteiger partial charge on any atom is -0.480 e. The molecule has 1 aliphatic rings. The fourth-order valence-corrected chi connectivity index (χ4v) is 1.87. The van der Waals surface area contributed by atoms with Gasteiger partial charge in [0.05, 0.1) is 0 Å². The van der Waals surface area contributed by atoms with Gasteiger partial charge in [-0.3, -0.25) is 4.79 Å². The van der Waals surface area contributed by atoms with Crippen LogP contribution in [0.2, 0.25) is 0 Å². The molecule has 1 aromatic heterocycles.